The third-order valence-electron chi connectivity index (χ3n) is 3.46. The van der Waals surface area contributed by atoms with Crippen molar-refractivity contribution in [1.82, 2.24) is 5.32 Å². The highest BCUT2D eigenvalue weighted by atomic mass is 35.5. The SMILES string of the molecule is CCc1ccccc1OCC(=O)NCC(N)c1ccccc1.Cl. The summed E-state index contributed by atoms with van der Waals surface area (Å²) in [6, 6.07) is 17.2. The van der Waals surface area contributed by atoms with E-state index in [4.69, 9.17) is 10.5 Å². The van der Waals surface area contributed by atoms with Crippen LogP contribution in [0.5, 0.6) is 5.75 Å². The second kappa shape index (κ2) is 9.87. The summed E-state index contributed by atoms with van der Waals surface area (Å²) in [4.78, 5) is 11.9. The first kappa shape index (κ1) is 19.0. The summed E-state index contributed by atoms with van der Waals surface area (Å²) in [5, 5.41) is 2.80. The van der Waals surface area contributed by atoms with Crippen LogP contribution in [0.2, 0.25) is 0 Å². The third-order valence-corrected chi connectivity index (χ3v) is 3.46. The Hall–Kier alpha value is -2.04. The van der Waals surface area contributed by atoms with E-state index >= 15 is 0 Å². The lowest BCUT2D eigenvalue weighted by atomic mass is 10.1. The summed E-state index contributed by atoms with van der Waals surface area (Å²) in [5.41, 5.74) is 8.13. The van der Waals surface area contributed by atoms with Crippen LogP contribution in [0.1, 0.15) is 24.1 Å². The number of aryl methyl sites for hydroxylation is 1. The van der Waals surface area contributed by atoms with E-state index in [2.05, 4.69) is 12.2 Å². The fourth-order valence-corrected chi connectivity index (χ4v) is 2.17. The van der Waals surface area contributed by atoms with E-state index in [0.717, 1.165) is 23.3 Å². The minimum Gasteiger partial charge on any atom is -0.483 e. The molecule has 1 atom stereocenters. The number of hydrogen-bond acceptors (Lipinski definition) is 3. The Morgan fingerprint density at radius 3 is 2.48 bits per heavy atom. The van der Waals surface area contributed by atoms with Crippen molar-refractivity contribution < 1.29 is 9.53 Å². The van der Waals surface area contributed by atoms with Gasteiger partial charge in [0.1, 0.15) is 5.75 Å². The number of carbonyl (C=O) groups excluding carboxylic acids is 1. The van der Waals surface area contributed by atoms with Gasteiger partial charge in [-0.25, -0.2) is 0 Å². The Kier molecular flexibility index (Phi) is 8.16. The summed E-state index contributed by atoms with van der Waals surface area (Å²) in [7, 11) is 0. The van der Waals surface area contributed by atoms with Gasteiger partial charge in [0.15, 0.2) is 6.61 Å². The van der Waals surface area contributed by atoms with Crippen LogP contribution >= 0.6 is 12.4 Å². The molecule has 2 aromatic rings. The highest BCUT2D eigenvalue weighted by molar-refractivity contribution is 5.85. The number of benzene rings is 2. The molecule has 0 aliphatic carbocycles. The molecule has 1 amide bonds. The van der Waals surface area contributed by atoms with E-state index in [0.29, 0.717) is 6.54 Å². The Morgan fingerprint density at radius 2 is 1.78 bits per heavy atom. The van der Waals surface area contributed by atoms with E-state index in [1.807, 2.05) is 54.6 Å². The molecule has 0 aromatic heterocycles. The maximum Gasteiger partial charge on any atom is 0.258 e. The minimum absolute atomic E-state index is 0. The molecule has 1 unspecified atom stereocenters. The normalized spacial score (nSPS) is 11.2. The average Bonchev–Trinajstić information content (AvgIpc) is 2.58. The Bertz CT molecular complexity index is 605. The minimum atomic E-state index is -0.215. The monoisotopic (exact) mass is 334 g/mol. The number of halogens is 1. The van der Waals surface area contributed by atoms with Crippen molar-refractivity contribution in [2.24, 2.45) is 5.73 Å². The molecule has 0 saturated carbocycles. The van der Waals surface area contributed by atoms with Crippen LogP contribution in [0, 0.1) is 0 Å². The van der Waals surface area contributed by atoms with Crippen LogP contribution in [0.25, 0.3) is 0 Å². The van der Waals surface area contributed by atoms with Gasteiger partial charge in [0.2, 0.25) is 0 Å². The van der Waals surface area contributed by atoms with Crippen molar-refractivity contribution >= 4 is 18.3 Å². The van der Waals surface area contributed by atoms with Gasteiger partial charge in [-0.3, -0.25) is 4.79 Å². The Labute approximate surface area is 143 Å². The summed E-state index contributed by atoms with van der Waals surface area (Å²) in [6.07, 6.45) is 0.872. The molecule has 0 aliphatic heterocycles. The van der Waals surface area contributed by atoms with Crippen molar-refractivity contribution in [3.63, 3.8) is 0 Å². The number of rotatable bonds is 7. The zero-order valence-electron chi connectivity index (χ0n) is 13.2. The number of amides is 1. The largest absolute Gasteiger partial charge is 0.483 e. The molecule has 124 valence electrons. The van der Waals surface area contributed by atoms with Crippen molar-refractivity contribution in [3.8, 4) is 5.75 Å². The van der Waals surface area contributed by atoms with Crippen molar-refractivity contribution in [1.29, 1.82) is 0 Å². The lowest BCUT2D eigenvalue weighted by Crippen LogP contribution is -2.35. The molecule has 0 heterocycles. The Morgan fingerprint density at radius 1 is 1.13 bits per heavy atom. The van der Waals surface area contributed by atoms with Crippen LogP contribution in [0.3, 0.4) is 0 Å². The molecule has 0 fully saturated rings. The molecule has 23 heavy (non-hydrogen) atoms. The van der Waals surface area contributed by atoms with Crippen molar-refractivity contribution in [2.45, 2.75) is 19.4 Å². The summed E-state index contributed by atoms with van der Waals surface area (Å²) in [5.74, 6) is 0.588. The molecule has 3 N–H and O–H groups in total. The van der Waals surface area contributed by atoms with Crippen molar-refractivity contribution in [2.75, 3.05) is 13.2 Å². The summed E-state index contributed by atoms with van der Waals surface area (Å²) < 4.78 is 5.57. The maximum absolute atomic E-state index is 11.9. The van der Waals surface area contributed by atoms with Gasteiger partial charge in [-0.1, -0.05) is 55.5 Å². The first-order valence-electron chi connectivity index (χ1n) is 7.48. The van der Waals surface area contributed by atoms with Crippen LogP contribution in [0.15, 0.2) is 54.6 Å². The van der Waals surface area contributed by atoms with Gasteiger partial charge in [0.05, 0.1) is 0 Å². The summed E-state index contributed by atoms with van der Waals surface area (Å²) in [6.45, 7) is 2.45. The molecule has 0 radical (unpaired) electrons. The molecule has 4 nitrogen and oxygen atoms in total. The Balaban J connectivity index is 0.00000264. The quantitative estimate of drug-likeness (QED) is 0.818. The average molecular weight is 335 g/mol. The summed E-state index contributed by atoms with van der Waals surface area (Å²) >= 11 is 0. The first-order valence-corrected chi connectivity index (χ1v) is 7.48. The van der Waals surface area contributed by atoms with Crippen LogP contribution < -0.4 is 15.8 Å². The predicted octanol–water partition coefficient (Wildman–Crippen LogP) is 2.87. The number of nitrogens with two attached hydrogens (primary N) is 1. The number of carbonyl (C=O) groups is 1. The molecule has 2 rings (SSSR count). The zero-order chi connectivity index (χ0) is 15.8. The second-order valence-electron chi connectivity index (χ2n) is 5.07. The highest BCUT2D eigenvalue weighted by Crippen LogP contribution is 2.18. The van der Waals surface area contributed by atoms with Gasteiger partial charge >= 0.3 is 0 Å². The molecule has 0 aliphatic rings. The van der Waals surface area contributed by atoms with Crippen LogP contribution in [0.4, 0.5) is 0 Å². The fraction of sp³-hybridized carbons (Fsp3) is 0.278. The smallest absolute Gasteiger partial charge is 0.258 e. The second-order valence-corrected chi connectivity index (χ2v) is 5.07. The molecule has 0 spiro atoms. The third kappa shape index (κ3) is 5.93. The molecule has 0 bridgehead atoms. The van der Waals surface area contributed by atoms with Gasteiger partial charge in [0, 0.05) is 12.6 Å². The molecule has 2 aromatic carbocycles. The number of para-hydroxylation sites is 1. The molecule has 5 heteroatoms. The lowest BCUT2D eigenvalue weighted by molar-refractivity contribution is -0.123. The van der Waals surface area contributed by atoms with Gasteiger partial charge < -0.3 is 15.8 Å². The molecular weight excluding hydrogens is 312 g/mol. The number of hydrogen-bond donors (Lipinski definition) is 2. The van der Waals surface area contributed by atoms with E-state index in [1.165, 1.54) is 0 Å². The zero-order valence-corrected chi connectivity index (χ0v) is 14.0. The molecule has 0 saturated heterocycles. The van der Waals surface area contributed by atoms with Crippen molar-refractivity contribution in [3.05, 3.63) is 65.7 Å². The highest BCUT2D eigenvalue weighted by Gasteiger charge is 2.09. The number of nitrogens with one attached hydrogen (secondary N) is 1. The van der Waals surface area contributed by atoms with Gasteiger partial charge in [-0.15, -0.1) is 12.4 Å². The maximum atomic E-state index is 11.9. The standard InChI is InChI=1S/C18H22N2O2.ClH/c1-2-14-8-6-7-11-17(14)22-13-18(21)20-12-16(19)15-9-4-3-5-10-15;/h3-11,16H,2,12-13,19H2,1H3,(H,20,21);1H. The van der Waals surface area contributed by atoms with Crippen LogP contribution in [-0.4, -0.2) is 19.1 Å². The van der Waals surface area contributed by atoms with Crippen LogP contribution in [-0.2, 0) is 11.2 Å². The van der Waals surface area contributed by atoms with Gasteiger partial charge in [0.25, 0.3) is 5.91 Å². The topological polar surface area (TPSA) is 64.3 Å². The predicted molar refractivity (Wildman–Crippen MR) is 94.9 cm³/mol. The lowest BCUT2D eigenvalue weighted by Gasteiger charge is -2.14. The fourth-order valence-electron chi connectivity index (χ4n) is 2.17. The number of ether oxygens (including phenoxy) is 1. The van der Waals surface area contributed by atoms with E-state index in [-0.39, 0.29) is 31.0 Å². The van der Waals surface area contributed by atoms with Gasteiger partial charge in [-0.05, 0) is 23.6 Å². The van der Waals surface area contributed by atoms with E-state index < -0.39 is 0 Å². The molecular formula is C18H23ClN2O2. The van der Waals surface area contributed by atoms with E-state index in [1.54, 1.807) is 0 Å². The first-order chi connectivity index (χ1) is 10.7. The van der Waals surface area contributed by atoms with E-state index in [9.17, 15) is 4.79 Å². The van der Waals surface area contributed by atoms with Gasteiger partial charge in [-0.2, -0.15) is 0 Å².